The Bertz CT molecular complexity index is 822. The summed E-state index contributed by atoms with van der Waals surface area (Å²) in [5, 5.41) is 9.39. The zero-order chi connectivity index (χ0) is 19.9. The summed E-state index contributed by atoms with van der Waals surface area (Å²) in [6.45, 7) is 6.95. The second-order valence-corrected chi connectivity index (χ2v) is 7.42. The number of hydrogen-bond donors (Lipinski definition) is 3. The lowest BCUT2D eigenvalue weighted by Gasteiger charge is -2.28. The van der Waals surface area contributed by atoms with Crippen LogP contribution in [0, 0.1) is 13.8 Å². The molecule has 3 rings (SSSR count). The fourth-order valence-corrected chi connectivity index (χ4v) is 3.29. The number of nitrogens with zero attached hydrogens (tertiary/aromatic N) is 3. The van der Waals surface area contributed by atoms with Crippen LogP contribution in [0.5, 0.6) is 0 Å². The van der Waals surface area contributed by atoms with E-state index in [0.717, 1.165) is 30.2 Å². The highest BCUT2D eigenvalue weighted by Crippen LogP contribution is 2.20. The summed E-state index contributed by atoms with van der Waals surface area (Å²) in [7, 11) is 0. The maximum Gasteiger partial charge on any atom is 0.319 e. The van der Waals surface area contributed by atoms with Crippen LogP contribution in [0.4, 0.5) is 22.2 Å². The van der Waals surface area contributed by atoms with Gasteiger partial charge in [-0.25, -0.2) is 9.78 Å². The van der Waals surface area contributed by atoms with E-state index >= 15 is 0 Å². The molecule has 2 aromatic rings. The number of benzene rings is 1. The van der Waals surface area contributed by atoms with Gasteiger partial charge in [0.05, 0.1) is 0 Å². The minimum atomic E-state index is -0.277. The molecule has 1 aromatic heterocycles. The van der Waals surface area contributed by atoms with Crippen molar-refractivity contribution in [2.75, 3.05) is 41.7 Å². The van der Waals surface area contributed by atoms with Crippen LogP contribution in [0.1, 0.15) is 30.5 Å². The van der Waals surface area contributed by atoms with E-state index in [-0.39, 0.29) is 6.03 Å². The quantitative estimate of drug-likeness (QED) is 0.637. The molecule has 1 fully saturated rings. The monoisotopic (exact) mass is 402 g/mol. The molecular formula is C20H27ClN6O. The van der Waals surface area contributed by atoms with E-state index in [1.165, 1.54) is 19.3 Å². The third-order valence-electron chi connectivity index (χ3n) is 4.64. The minimum absolute atomic E-state index is 0.277. The fraction of sp³-hybridized carbons (Fsp3) is 0.450. The molecule has 1 aliphatic rings. The molecule has 0 spiro atoms. The van der Waals surface area contributed by atoms with Crippen molar-refractivity contribution in [3.05, 3.63) is 40.5 Å². The molecule has 0 unspecified atom stereocenters. The summed E-state index contributed by atoms with van der Waals surface area (Å²) < 4.78 is 0. The molecule has 1 aliphatic heterocycles. The predicted molar refractivity (Wildman–Crippen MR) is 115 cm³/mol. The van der Waals surface area contributed by atoms with Gasteiger partial charge in [-0.05, 0) is 50.8 Å². The smallest absolute Gasteiger partial charge is 0.319 e. The SMILES string of the molecule is Cc1cc(N2CCCCC2)nc(NCCNC(=O)Nc2ccc(C)c(Cl)c2)n1. The van der Waals surface area contributed by atoms with Crippen molar-refractivity contribution >= 4 is 35.1 Å². The molecule has 1 saturated heterocycles. The average molecular weight is 403 g/mol. The zero-order valence-corrected chi connectivity index (χ0v) is 17.1. The number of aryl methyl sites for hydroxylation is 2. The van der Waals surface area contributed by atoms with E-state index in [1.807, 2.05) is 32.0 Å². The second kappa shape index (κ2) is 9.59. The number of anilines is 3. The maximum atomic E-state index is 12.0. The number of piperidine rings is 1. The molecule has 8 heteroatoms. The summed E-state index contributed by atoms with van der Waals surface area (Å²) in [6, 6.07) is 7.17. The van der Waals surface area contributed by atoms with Gasteiger partial charge in [-0.1, -0.05) is 17.7 Å². The van der Waals surface area contributed by atoms with Gasteiger partial charge >= 0.3 is 6.03 Å². The number of halogens is 1. The Balaban J connectivity index is 1.46. The van der Waals surface area contributed by atoms with E-state index < -0.39 is 0 Å². The van der Waals surface area contributed by atoms with Gasteiger partial charge in [0.1, 0.15) is 5.82 Å². The molecule has 150 valence electrons. The molecule has 0 bridgehead atoms. The van der Waals surface area contributed by atoms with Gasteiger partial charge in [0, 0.05) is 48.6 Å². The predicted octanol–water partition coefficient (Wildman–Crippen LogP) is 3.97. The Kier molecular flexibility index (Phi) is 6.92. The van der Waals surface area contributed by atoms with E-state index in [4.69, 9.17) is 11.6 Å². The van der Waals surface area contributed by atoms with Crippen LogP contribution in [0.25, 0.3) is 0 Å². The molecule has 28 heavy (non-hydrogen) atoms. The van der Waals surface area contributed by atoms with Crippen molar-refractivity contribution in [3.63, 3.8) is 0 Å². The first kappa shape index (κ1) is 20.2. The lowest BCUT2D eigenvalue weighted by Crippen LogP contribution is -2.33. The van der Waals surface area contributed by atoms with Crippen molar-refractivity contribution in [3.8, 4) is 0 Å². The summed E-state index contributed by atoms with van der Waals surface area (Å²) in [5.74, 6) is 1.56. The molecule has 7 nitrogen and oxygen atoms in total. The molecule has 0 radical (unpaired) electrons. The van der Waals surface area contributed by atoms with Gasteiger partial charge in [0.15, 0.2) is 0 Å². The highest BCUT2D eigenvalue weighted by molar-refractivity contribution is 6.31. The van der Waals surface area contributed by atoms with Crippen molar-refractivity contribution < 1.29 is 4.79 Å². The third-order valence-corrected chi connectivity index (χ3v) is 5.05. The molecular weight excluding hydrogens is 376 g/mol. The third kappa shape index (κ3) is 5.73. The lowest BCUT2D eigenvalue weighted by molar-refractivity contribution is 0.252. The van der Waals surface area contributed by atoms with Crippen molar-refractivity contribution in [1.82, 2.24) is 15.3 Å². The summed E-state index contributed by atoms with van der Waals surface area (Å²) in [4.78, 5) is 23.4. The van der Waals surface area contributed by atoms with E-state index in [9.17, 15) is 4.79 Å². The van der Waals surface area contributed by atoms with Crippen LogP contribution in [0.2, 0.25) is 5.02 Å². The molecule has 0 saturated carbocycles. The zero-order valence-electron chi connectivity index (χ0n) is 16.4. The fourth-order valence-electron chi connectivity index (χ4n) is 3.11. The van der Waals surface area contributed by atoms with Gasteiger partial charge in [-0.2, -0.15) is 4.98 Å². The number of urea groups is 1. The number of carbonyl (C=O) groups excluding carboxylic acids is 1. The number of nitrogens with one attached hydrogen (secondary N) is 3. The van der Waals surface area contributed by atoms with Gasteiger partial charge in [-0.3, -0.25) is 0 Å². The topological polar surface area (TPSA) is 82.2 Å². The molecule has 2 heterocycles. The van der Waals surface area contributed by atoms with Crippen molar-refractivity contribution in [1.29, 1.82) is 0 Å². The number of amides is 2. The number of rotatable bonds is 6. The van der Waals surface area contributed by atoms with Crippen molar-refractivity contribution in [2.24, 2.45) is 0 Å². The van der Waals surface area contributed by atoms with Crippen LogP contribution in [-0.4, -0.2) is 42.2 Å². The first-order chi connectivity index (χ1) is 13.5. The average Bonchev–Trinajstić information content (AvgIpc) is 2.68. The van der Waals surface area contributed by atoms with E-state index in [2.05, 4.69) is 30.8 Å². The molecule has 3 N–H and O–H groups in total. The van der Waals surface area contributed by atoms with E-state index in [0.29, 0.717) is 29.7 Å². The molecule has 1 aromatic carbocycles. The maximum absolute atomic E-state index is 12.0. The van der Waals surface area contributed by atoms with Gasteiger partial charge in [0.25, 0.3) is 0 Å². The Morgan fingerprint density at radius 2 is 1.89 bits per heavy atom. The Morgan fingerprint density at radius 1 is 1.11 bits per heavy atom. The standard InChI is InChI=1S/C20H27ClN6O/c1-14-6-7-16(13-17(14)21)25-20(28)23-9-8-22-19-24-15(2)12-18(26-19)27-10-4-3-5-11-27/h6-7,12-13H,3-5,8-11H2,1-2H3,(H,22,24,26)(H2,23,25,28). The Morgan fingerprint density at radius 3 is 2.64 bits per heavy atom. The molecule has 0 atom stereocenters. The largest absolute Gasteiger partial charge is 0.356 e. The first-order valence-electron chi connectivity index (χ1n) is 9.67. The summed E-state index contributed by atoms with van der Waals surface area (Å²) in [5.41, 5.74) is 2.56. The number of carbonyl (C=O) groups is 1. The second-order valence-electron chi connectivity index (χ2n) is 7.01. The van der Waals surface area contributed by atoms with Crippen LogP contribution >= 0.6 is 11.6 Å². The Labute approximate surface area is 170 Å². The van der Waals surface area contributed by atoms with Gasteiger partial charge < -0.3 is 20.9 Å². The van der Waals surface area contributed by atoms with Crippen LogP contribution in [0.15, 0.2) is 24.3 Å². The number of aromatic nitrogens is 2. The highest BCUT2D eigenvalue weighted by Gasteiger charge is 2.13. The summed E-state index contributed by atoms with van der Waals surface area (Å²) in [6.07, 6.45) is 3.70. The van der Waals surface area contributed by atoms with E-state index in [1.54, 1.807) is 6.07 Å². The van der Waals surface area contributed by atoms with Gasteiger partial charge in [0.2, 0.25) is 5.95 Å². The van der Waals surface area contributed by atoms with Crippen LogP contribution in [-0.2, 0) is 0 Å². The highest BCUT2D eigenvalue weighted by atomic mass is 35.5. The number of hydrogen-bond acceptors (Lipinski definition) is 5. The summed E-state index contributed by atoms with van der Waals surface area (Å²) >= 11 is 6.07. The molecule has 0 aliphatic carbocycles. The lowest BCUT2D eigenvalue weighted by atomic mass is 10.1. The first-order valence-corrected chi connectivity index (χ1v) is 10.0. The minimum Gasteiger partial charge on any atom is -0.356 e. The molecule has 2 amide bonds. The van der Waals surface area contributed by atoms with Crippen molar-refractivity contribution in [2.45, 2.75) is 33.1 Å². The van der Waals surface area contributed by atoms with Crippen LogP contribution < -0.4 is 20.9 Å². The Hall–Kier alpha value is -2.54. The normalized spacial score (nSPS) is 13.9. The van der Waals surface area contributed by atoms with Gasteiger partial charge in [-0.15, -0.1) is 0 Å². The van der Waals surface area contributed by atoms with Crippen LogP contribution in [0.3, 0.4) is 0 Å².